The lowest BCUT2D eigenvalue weighted by Crippen LogP contribution is -2.09. The Labute approximate surface area is 212 Å². The highest BCUT2D eigenvalue weighted by Crippen LogP contribution is 2.36. The Morgan fingerprint density at radius 1 is 0.361 bits per heavy atom. The highest BCUT2D eigenvalue weighted by Gasteiger charge is 2.13. The molecule has 0 atom stereocenters. The molecule has 0 aliphatic carbocycles. The maximum absolute atomic E-state index is 2.32. The van der Waals surface area contributed by atoms with Gasteiger partial charge in [-0.25, -0.2) is 0 Å². The van der Waals surface area contributed by atoms with Crippen molar-refractivity contribution in [3.63, 3.8) is 0 Å². The summed E-state index contributed by atoms with van der Waals surface area (Å²) in [6.45, 7) is 0. The zero-order valence-corrected chi connectivity index (χ0v) is 20.1. The molecule has 0 spiro atoms. The van der Waals surface area contributed by atoms with Crippen LogP contribution in [-0.2, 0) is 6.42 Å². The van der Waals surface area contributed by atoms with E-state index in [0.29, 0.717) is 0 Å². The molecule has 6 aromatic rings. The Morgan fingerprint density at radius 3 is 1.56 bits per heavy atom. The Kier molecular flexibility index (Phi) is 6.04. The second-order valence-electron chi connectivity index (χ2n) is 9.11. The SMILES string of the molecule is c1ccc(Cc2ccc(-c3ccc(N(c4ccccc4)c4ccc5ccccc5c4)cc3)cc2)cc1. The van der Waals surface area contributed by atoms with Crippen molar-refractivity contribution < 1.29 is 0 Å². The minimum Gasteiger partial charge on any atom is -0.310 e. The quantitative estimate of drug-likeness (QED) is 0.239. The van der Waals surface area contributed by atoms with Crippen molar-refractivity contribution in [2.24, 2.45) is 0 Å². The first-order valence-corrected chi connectivity index (χ1v) is 12.4. The van der Waals surface area contributed by atoms with Gasteiger partial charge in [0, 0.05) is 17.1 Å². The van der Waals surface area contributed by atoms with Crippen molar-refractivity contribution in [1.29, 1.82) is 0 Å². The second kappa shape index (κ2) is 9.93. The van der Waals surface area contributed by atoms with Gasteiger partial charge >= 0.3 is 0 Å². The highest BCUT2D eigenvalue weighted by molar-refractivity contribution is 5.89. The lowest BCUT2D eigenvalue weighted by atomic mass is 10.00. The second-order valence-corrected chi connectivity index (χ2v) is 9.11. The number of para-hydroxylation sites is 1. The average molecular weight is 462 g/mol. The van der Waals surface area contributed by atoms with Gasteiger partial charge in [0.25, 0.3) is 0 Å². The topological polar surface area (TPSA) is 3.24 Å². The van der Waals surface area contributed by atoms with Gasteiger partial charge in [0.2, 0.25) is 0 Å². The van der Waals surface area contributed by atoms with Gasteiger partial charge in [0.1, 0.15) is 0 Å². The summed E-state index contributed by atoms with van der Waals surface area (Å²) >= 11 is 0. The van der Waals surface area contributed by atoms with Gasteiger partial charge < -0.3 is 4.90 Å². The van der Waals surface area contributed by atoms with Crippen molar-refractivity contribution in [3.05, 3.63) is 163 Å². The molecule has 0 fully saturated rings. The predicted molar refractivity (Wildman–Crippen MR) is 153 cm³/mol. The third kappa shape index (κ3) is 4.64. The predicted octanol–water partition coefficient (Wildman–Crippen LogP) is 9.57. The summed E-state index contributed by atoms with van der Waals surface area (Å²) in [5.74, 6) is 0. The minimum absolute atomic E-state index is 0.956. The fourth-order valence-electron chi connectivity index (χ4n) is 4.79. The van der Waals surface area contributed by atoms with Crippen LogP contribution in [0.5, 0.6) is 0 Å². The van der Waals surface area contributed by atoms with E-state index in [9.17, 15) is 0 Å². The molecule has 0 aliphatic heterocycles. The summed E-state index contributed by atoms with van der Waals surface area (Å²) < 4.78 is 0. The molecule has 0 saturated carbocycles. The van der Waals surface area contributed by atoms with Crippen LogP contribution in [0.1, 0.15) is 11.1 Å². The lowest BCUT2D eigenvalue weighted by molar-refractivity contribution is 1.19. The van der Waals surface area contributed by atoms with E-state index in [1.54, 1.807) is 0 Å². The molecule has 0 saturated heterocycles. The third-order valence-electron chi connectivity index (χ3n) is 6.67. The van der Waals surface area contributed by atoms with E-state index in [1.165, 1.54) is 33.0 Å². The van der Waals surface area contributed by atoms with Crippen molar-refractivity contribution in [2.45, 2.75) is 6.42 Å². The van der Waals surface area contributed by atoms with Gasteiger partial charge in [0.15, 0.2) is 0 Å². The van der Waals surface area contributed by atoms with E-state index in [0.717, 1.165) is 23.5 Å². The summed E-state index contributed by atoms with van der Waals surface area (Å²) in [5.41, 5.74) is 8.55. The number of rotatable bonds is 6. The summed E-state index contributed by atoms with van der Waals surface area (Å²) in [7, 11) is 0. The van der Waals surface area contributed by atoms with Gasteiger partial charge in [-0.3, -0.25) is 0 Å². The summed E-state index contributed by atoms with van der Waals surface area (Å²) in [6, 6.07) is 54.2. The fraction of sp³-hybridized carbons (Fsp3) is 0.0286. The average Bonchev–Trinajstić information content (AvgIpc) is 2.95. The number of hydrogen-bond acceptors (Lipinski definition) is 1. The van der Waals surface area contributed by atoms with Crippen LogP contribution in [0.2, 0.25) is 0 Å². The molecule has 0 amide bonds. The van der Waals surface area contributed by atoms with Gasteiger partial charge in [-0.05, 0) is 75.8 Å². The maximum Gasteiger partial charge on any atom is 0.0468 e. The number of fused-ring (bicyclic) bond motifs is 1. The molecule has 0 aromatic heterocycles. The number of anilines is 3. The van der Waals surface area contributed by atoms with Crippen molar-refractivity contribution in [1.82, 2.24) is 0 Å². The van der Waals surface area contributed by atoms with E-state index >= 15 is 0 Å². The molecule has 6 aromatic carbocycles. The van der Waals surface area contributed by atoms with E-state index in [4.69, 9.17) is 0 Å². The van der Waals surface area contributed by atoms with Gasteiger partial charge in [-0.1, -0.05) is 115 Å². The molecule has 0 aliphatic rings. The smallest absolute Gasteiger partial charge is 0.0468 e. The van der Waals surface area contributed by atoms with E-state index in [-0.39, 0.29) is 0 Å². The molecular formula is C35H27N. The normalized spacial score (nSPS) is 10.9. The van der Waals surface area contributed by atoms with E-state index in [1.807, 2.05) is 0 Å². The Morgan fingerprint density at radius 2 is 0.861 bits per heavy atom. The number of hydrogen-bond donors (Lipinski definition) is 0. The monoisotopic (exact) mass is 461 g/mol. The first-order valence-electron chi connectivity index (χ1n) is 12.4. The number of nitrogens with zero attached hydrogens (tertiary/aromatic N) is 1. The van der Waals surface area contributed by atoms with Crippen molar-refractivity contribution in [2.75, 3.05) is 4.90 Å². The Balaban J connectivity index is 1.30. The zero-order valence-electron chi connectivity index (χ0n) is 20.1. The molecule has 1 nitrogen and oxygen atoms in total. The first kappa shape index (κ1) is 21.9. The van der Waals surface area contributed by atoms with Crippen LogP contribution < -0.4 is 4.90 Å². The molecule has 1 heteroatoms. The van der Waals surface area contributed by atoms with E-state index < -0.39 is 0 Å². The molecular weight excluding hydrogens is 434 g/mol. The third-order valence-corrected chi connectivity index (χ3v) is 6.67. The van der Waals surface area contributed by atoms with Crippen LogP contribution in [0.4, 0.5) is 17.1 Å². The van der Waals surface area contributed by atoms with Gasteiger partial charge in [-0.15, -0.1) is 0 Å². The van der Waals surface area contributed by atoms with Gasteiger partial charge in [-0.2, -0.15) is 0 Å². The minimum atomic E-state index is 0.956. The van der Waals surface area contributed by atoms with Crippen molar-refractivity contribution in [3.8, 4) is 11.1 Å². The van der Waals surface area contributed by atoms with Crippen LogP contribution in [0.25, 0.3) is 21.9 Å². The Bertz CT molecular complexity index is 1570. The molecule has 36 heavy (non-hydrogen) atoms. The molecule has 0 heterocycles. The molecule has 0 radical (unpaired) electrons. The lowest BCUT2D eigenvalue weighted by Gasteiger charge is -2.26. The number of benzene rings is 6. The first-order chi connectivity index (χ1) is 17.8. The van der Waals surface area contributed by atoms with E-state index in [2.05, 4.69) is 157 Å². The van der Waals surface area contributed by atoms with Crippen LogP contribution in [0.3, 0.4) is 0 Å². The molecule has 0 unspecified atom stereocenters. The zero-order chi connectivity index (χ0) is 24.2. The van der Waals surface area contributed by atoms with Crippen LogP contribution in [0, 0.1) is 0 Å². The van der Waals surface area contributed by atoms with Crippen LogP contribution >= 0.6 is 0 Å². The molecule has 0 bridgehead atoms. The maximum atomic E-state index is 2.32. The molecule has 172 valence electrons. The van der Waals surface area contributed by atoms with Crippen molar-refractivity contribution >= 4 is 27.8 Å². The summed E-state index contributed by atoms with van der Waals surface area (Å²) in [5, 5.41) is 2.49. The molecule has 0 N–H and O–H groups in total. The highest BCUT2D eigenvalue weighted by atomic mass is 15.1. The fourth-order valence-corrected chi connectivity index (χ4v) is 4.79. The largest absolute Gasteiger partial charge is 0.310 e. The van der Waals surface area contributed by atoms with Crippen LogP contribution in [-0.4, -0.2) is 0 Å². The summed E-state index contributed by atoms with van der Waals surface area (Å²) in [4.78, 5) is 2.32. The standard InChI is InChI=1S/C35H27N/c1-3-9-27(10-4-1)25-28-15-17-30(18-16-28)31-19-22-34(23-20-31)36(33-13-5-2-6-14-33)35-24-21-29-11-7-8-12-32(29)26-35/h1-24,26H,25H2. The Hall–Kier alpha value is -4.62. The van der Waals surface area contributed by atoms with Gasteiger partial charge in [0.05, 0.1) is 0 Å². The molecule has 6 rings (SSSR count). The summed E-state index contributed by atoms with van der Waals surface area (Å²) in [6.07, 6.45) is 0.956. The van der Waals surface area contributed by atoms with Crippen LogP contribution in [0.15, 0.2) is 152 Å².